The van der Waals surface area contributed by atoms with E-state index >= 15 is 0 Å². The highest BCUT2D eigenvalue weighted by molar-refractivity contribution is 6.40. The third kappa shape index (κ3) is 1.35. The molecule has 0 bridgehead atoms. The molecular formula is C26H14. The number of rotatable bonds is 0. The Bertz CT molecular complexity index is 1610. The van der Waals surface area contributed by atoms with E-state index < -0.39 is 0 Å². The van der Waals surface area contributed by atoms with E-state index in [1.165, 1.54) is 64.6 Å². The molecule has 0 amide bonds. The van der Waals surface area contributed by atoms with Crippen molar-refractivity contribution in [3.63, 3.8) is 0 Å². The summed E-state index contributed by atoms with van der Waals surface area (Å²) >= 11 is 0. The van der Waals surface area contributed by atoms with Gasteiger partial charge in [-0.05, 0) is 70.7 Å². The van der Waals surface area contributed by atoms with Gasteiger partial charge in [-0.25, -0.2) is 0 Å². The molecule has 0 aliphatic carbocycles. The summed E-state index contributed by atoms with van der Waals surface area (Å²) in [4.78, 5) is 0. The monoisotopic (exact) mass is 326 g/mol. The molecule has 0 saturated carbocycles. The number of fused-ring (bicyclic) bond motifs is 2. The highest BCUT2D eigenvalue weighted by Crippen LogP contribution is 2.45. The fourth-order valence-electron chi connectivity index (χ4n) is 5.08. The van der Waals surface area contributed by atoms with E-state index in [0.29, 0.717) is 0 Å². The van der Waals surface area contributed by atoms with Gasteiger partial charge in [0.2, 0.25) is 0 Å². The first-order valence-corrected chi connectivity index (χ1v) is 9.13. The van der Waals surface area contributed by atoms with Crippen LogP contribution in [0.1, 0.15) is 0 Å². The predicted molar refractivity (Wildman–Crippen MR) is 114 cm³/mol. The SMILES string of the molecule is c1cc2ccc3ccc4c5cccc6cccc(c7cc(c1)c2c3c47)c65. The van der Waals surface area contributed by atoms with E-state index in [9.17, 15) is 0 Å². The van der Waals surface area contributed by atoms with Crippen molar-refractivity contribution in [2.24, 2.45) is 0 Å². The summed E-state index contributed by atoms with van der Waals surface area (Å²) in [5.41, 5.74) is 0. The summed E-state index contributed by atoms with van der Waals surface area (Å²) in [6.45, 7) is 0. The van der Waals surface area contributed by atoms with Crippen LogP contribution in [0.15, 0.2) is 84.9 Å². The van der Waals surface area contributed by atoms with Crippen LogP contribution < -0.4 is 0 Å². The fourth-order valence-corrected chi connectivity index (χ4v) is 5.08. The quantitative estimate of drug-likeness (QED) is 0.200. The minimum Gasteiger partial charge on any atom is -0.0610 e. The van der Waals surface area contributed by atoms with Crippen LogP contribution in [0.4, 0.5) is 0 Å². The topological polar surface area (TPSA) is 0 Å². The summed E-state index contributed by atoms with van der Waals surface area (Å²) in [6, 6.07) is 31.6. The van der Waals surface area contributed by atoms with Crippen LogP contribution in [0.2, 0.25) is 0 Å². The first-order valence-electron chi connectivity index (χ1n) is 9.13. The smallest absolute Gasteiger partial charge is 0.00137 e. The van der Waals surface area contributed by atoms with E-state index in [-0.39, 0.29) is 0 Å². The molecule has 0 unspecified atom stereocenters. The molecule has 0 fully saturated rings. The largest absolute Gasteiger partial charge is 0.0610 e. The minimum absolute atomic E-state index is 1.32. The molecule has 0 atom stereocenters. The molecule has 0 N–H and O–H groups in total. The van der Waals surface area contributed by atoms with Gasteiger partial charge in [-0.3, -0.25) is 0 Å². The Hall–Kier alpha value is -3.38. The maximum Gasteiger partial charge on any atom is -0.00137 e. The highest BCUT2D eigenvalue weighted by atomic mass is 14.2. The fraction of sp³-hybridized carbons (Fsp3) is 0. The normalized spacial score (nSPS) is 12.6. The Morgan fingerprint density at radius 1 is 0.308 bits per heavy atom. The molecule has 0 nitrogen and oxygen atoms in total. The lowest BCUT2D eigenvalue weighted by atomic mass is 9.85. The van der Waals surface area contributed by atoms with Crippen molar-refractivity contribution >= 4 is 64.6 Å². The molecule has 7 aromatic carbocycles. The molecule has 0 heteroatoms. The van der Waals surface area contributed by atoms with E-state index in [2.05, 4.69) is 84.9 Å². The number of benzene rings is 7. The van der Waals surface area contributed by atoms with Crippen molar-refractivity contribution in [3.8, 4) is 0 Å². The van der Waals surface area contributed by atoms with E-state index in [0.717, 1.165) is 0 Å². The second-order valence-electron chi connectivity index (χ2n) is 7.36. The summed E-state index contributed by atoms with van der Waals surface area (Å²) < 4.78 is 0. The zero-order chi connectivity index (χ0) is 16.8. The maximum absolute atomic E-state index is 2.40. The molecule has 0 spiro atoms. The van der Waals surface area contributed by atoms with Gasteiger partial charge in [0.15, 0.2) is 0 Å². The summed E-state index contributed by atoms with van der Waals surface area (Å²) in [5.74, 6) is 0. The molecule has 0 radical (unpaired) electrons. The molecular weight excluding hydrogens is 312 g/mol. The molecule has 26 heavy (non-hydrogen) atoms. The van der Waals surface area contributed by atoms with Gasteiger partial charge in [0, 0.05) is 0 Å². The van der Waals surface area contributed by atoms with Crippen molar-refractivity contribution in [1.29, 1.82) is 0 Å². The van der Waals surface area contributed by atoms with Gasteiger partial charge in [-0.1, -0.05) is 78.9 Å². The second kappa shape index (κ2) is 4.23. The second-order valence-corrected chi connectivity index (χ2v) is 7.36. The molecule has 7 aromatic rings. The van der Waals surface area contributed by atoms with Gasteiger partial charge >= 0.3 is 0 Å². The van der Waals surface area contributed by atoms with Crippen LogP contribution in [-0.4, -0.2) is 0 Å². The zero-order valence-electron chi connectivity index (χ0n) is 14.1. The van der Waals surface area contributed by atoms with Gasteiger partial charge in [0.05, 0.1) is 0 Å². The molecule has 7 rings (SSSR count). The third-order valence-corrected chi connectivity index (χ3v) is 6.11. The first-order chi connectivity index (χ1) is 12.9. The third-order valence-electron chi connectivity index (χ3n) is 6.11. The Balaban J connectivity index is 1.99. The molecule has 0 aromatic heterocycles. The predicted octanol–water partition coefficient (Wildman–Crippen LogP) is 7.48. The van der Waals surface area contributed by atoms with Crippen molar-refractivity contribution in [1.82, 2.24) is 0 Å². The number of hydrogen-bond donors (Lipinski definition) is 0. The van der Waals surface area contributed by atoms with Crippen LogP contribution in [0, 0.1) is 0 Å². The van der Waals surface area contributed by atoms with Crippen LogP contribution in [-0.2, 0) is 0 Å². The Kier molecular flexibility index (Phi) is 2.10. The standard InChI is InChI=1S/C26H14/c1-4-16-10-11-17-12-13-21-19-8-2-5-15-6-3-9-20(24(15)19)22-14-18(7-1)23(16)25(17)26(21)22/h1-14H. The van der Waals surface area contributed by atoms with Crippen molar-refractivity contribution in [3.05, 3.63) is 84.9 Å². The van der Waals surface area contributed by atoms with Crippen LogP contribution in [0.25, 0.3) is 64.6 Å². The molecule has 118 valence electrons. The van der Waals surface area contributed by atoms with Crippen LogP contribution in [0.3, 0.4) is 0 Å². The van der Waals surface area contributed by atoms with Gasteiger partial charge in [-0.15, -0.1) is 0 Å². The lowest BCUT2D eigenvalue weighted by molar-refractivity contribution is 1.79. The molecule has 0 heterocycles. The van der Waals surface area contributed by atoms with Crippen LogP contribution >= 0.6 is 0 Å². The van der Waals surface area contributed by atoms with Gasteiger partial charge < -0.3 is 0 Å². The molecule has 0 saturated heterocycles. The van der Waals surface area contributed by atoms with Crippen molar-refractivity contribution in [2.45, 2.75) is 0 Å². The van der Waals surface area contributed by atoms with Crippen molar-refractivity contribution in [2.75, 3.05) is 0 Å². The Morgan fingerprint density at radius 3 is 1.65 bits per heavy atom. The van der Waals surface area contributed by atoms with E-state index in [1.54, 1.807) is 0 Å². The van der Waals surface area contributed by atoms with Gasteiger partial charge in [0.1, 0.15) is 0 Å². The Labute approximate surface area is 149 Å². The first kappa shape index (κ1) is 12.9. The van der Waals surface area contributed by atoms with Crippen LogP contribution in [0.5, 0.6) is 0 Å². The molecule has 0 aliphatic heterocycles. The summed E-state index contributed by atoms with van der Waals surface area (Å²) in [7, 11) is 0. The highest BCUT2D eigenvalue weighted by Gasteiger charge is 2.16. The summed E-state index contributed by atoms with van der Waals surface area (Å²) in [6.07, 6.45) is 0. The average molecular weight is 326 g/mol. The van der Waals surface area contributed by atoms with Gasteiger partial charge in [-0.2, -0.15) is 0 Å². The van der Waals surface area contributed by atoms with E-state index in [1.807, 2.05) is 0 Å². The minimum atomic E-state index is 1.32. The summed E-state index contributed by atoms with van der Waals surface area (Å²) in [5, 5.41) is 16.4. The lowest BCUT2D eigenvalue weighted by Gasteiger charge is -2.18. The Morgan fingerprint density at radius 2 is 0.846 bits per heavy atom. The lowest BCUT2D eigenvalue weighted by Crippen LogP contribution is -1.90. The van der Waals surface area contributed by atoms with Gasteiger partial charge in [0.25, 0.3) is 0 Å². The zero-order valence-corrected chi connectivity index (χ0v) is 14.1. The number of hydrogen-bond acceptors (Lipinski definition) is 0. The van der Waals surface area contributed by atoms with Crippen molar-refractivity contribution < 1.29 is 0 Å². The maximum atomic E-state index is 2.40. The van der Waals surface area contributed by atoms with E-state index in [4.69, 9.17) is 0 Å². The average Bonchev–Trinajstić information content (AvgIpc) is 2.70. The molecule has 0 aliphatic rings.